The quantitative estimate of drug-likeness (QED) is 0.866. The van der Waals surface area contributed by atoms with Gasteiger partial charge in [-0.05, 0) is 31.0 Å². The summed E-state index contributed by atoms with van der Waals surface area (Å²) < 4.78 is 25.9. The maximum atomic E-state index is 11.9. The van der Waals surface area contributed by atoms with Gasteiger partial charge in [0.15, 0.2) is 0 Å². The first-order valence-electron chi connectivity index (χ1n) is 6.37. The molecule has 0 radical (unpaired) electrons. The van der Waals surface area contributed by atoms with E-state index in [-0.39, 0.29) is 10.7 Å². The van der Waals surface area contributed by atoms with Gasteiger partial charge in [-0.3, -0.25) is 4.79 Å². The number of carbonyl (C=O) groups is 2. The van der Waals surface area contributed by atoms with Crippen molar-refractivity contribution in [1.82, 2.24) is 4.72 Å². The lowest BCUT2D eigenvalue weighted by Gasteiger charge is -2.09. The molecule has 0 aliphatic rings. The number of rotatable bonds is 6. The Kier molecular flexibility index (Phi) is 5.44. The van der Waals surface area contributed by atoms with E-state index in [0.717, 1.165) is 5.56 Å². The topological polar surface area (TPSA) is 80.3 Å². The van der Waals surface area contributed by atoms with Crippen LogP contribution in [-0.2, 0) is 26.0 Å². The Bertz CT molecular complexity index is 588. The molecule has 110 valence electrons. The minimum absolute atomic E-state index is 0.0399. The fourth-order valence-corrected chi connectivity index (χ4v) is 2.58. The molecule has 20 heavy (non-hydrogen) atoms. The molecule has 0 aliphatic heterocycles. The number of ketones is 1. The van der Waals surface area contributed by atoms with Crippen molar-refractivity contribution in [1.29, 1.82) is 0 Å². The summed E-state index contributed by atoms with van der Waals surface area (Å²) in [6.07, 6.45) is 1.00. The molecule has 1 aromatic carbocycles. The zero-order valence-electron chi connectivity index (χ0n) is 11.8. The molecule has 5 nitrogen and oxygen atoms in total. The van der Waals surface area contributed by atoms with E-state index in [9.17, 15) is 18.0 Å². The SMILES string of the molecule is CC(=O)CCc1ccc(S(=O)(=O)NC(=O)C(C)C)cc1. The molecule has 0 aliphatic carbocycles. The minimum Gasteiger partial charge on any atom is -0.300 e. The highest BCUT2D eigenvalue weighted by Crippen LogP contribution is 2.12. The largest absolute Gasteiger partial charge is 0.300 e. The lowest BCUT2D eigenvalue weighted by Crippen LogP contribution is -2.33. The normalized spacial score (nSPS) is 11.4. The molecule has 0 aromatic heterocycles. The average Bonchev–Trinajstić information content (AvgIpc) is 2.36. The van der Waals surface area contributed by atoms with Crippen LogP contribution < -0.4 is 4.72 Å². The molecule has 1 N–H and O–H groups in total. The van der Waals surface area contributed by atoms with Gasteiger partial charge in [0.25, 0.3) is 10.0 Å². The maximum absolute atomic E-state index is 11.9. The van der Waals surface area contributed by atoms with Crippen molar-refractivity contribution in [2.24, 2.45) is 5.92 Å². The Balaban J connectivity index is 2.82. The van der Waals surface area contributed by atoms with Crippen molar-refractivity contribution in [3.63, 3.8) is 0 Å². The van der Waals surface area contributed by atoms with E-state index in [0.29, 0.717) is 12.8 Å². The number of Topliss-reactive ketones (excluding diaryl/α,β-unsaturated/α-hetero) is 1. The lowest BCUT2D eigenvalue weighted by atomic mass is 10.1. The van der Waals surface area contributed by atoms with Gasteiger partial charge in [-0.15, -0.1) is 0 Å². The molecule has 0 atom stereocenters. The summed E-state index contributed by atoms with van der Waals surface area (Å²) in [5.74, 6) is -0.851. The summed E-state index contributed by atoms with van der Waals surface area (Å²) >= 11 is 0. The number of carbonyl (C=O) groups excluding carboxylic acids is 2. The standard InChI is InChI=1S/C14H19NO4S/c1-10(2)14(17)15-20(18,19)13-8-6-12(7-9-13)5-4-11(3)16/h6-10H,4-5H2,1-3H3,(H,15,17). The summed E-state index contributed by atoms with van der Waals surface area (Å²) in [5, 5.41) is 0. The van der Waals surface area contributed by atoms with E-state index in [1.807, 2.05) is 4.72 Å². The van der Waals surface area contributed by atoms with Crippen LogP contribution in [0, 0.1) is 5.92 Å². The van der Waals surface area contributed by atoms with Gasteiger partial charge in [-0.2, -0.15) is 0 Å². The maximum Gasteiger partial charge on any atom is 0.264 e. The average molecular weight is 297 g/mol. The molecule has 0 bridgehead atoms. The zero-order chi connectivity index (χ0) is 15.3. The lowest BCUT2D eigenvalue weighted by molar-refractivity contribution is -0.122. The number of hydrogen-bond acceptors (Lipinski definition) is 4. The van der Waals surface area contributed by atoms with Crippen LogP contribution in [0.4, 0.5) is 0 Å². The van der Waals surface area contributed by atoms with E-state index in [4.69, 9.17) is 0 Å². The second kappa shape index (κ2) is 6.65. The molecule has 0 saturated heterocycles. The van der Waals surface area contributed by atoms with E-state index >= 15 is 0 Å². The van der Waals surface area contributed by atoms with Crippen LogP contribution in [0.3, 0.4) is 0 Å². The fourth-order valence-electron chi connectivity index (χ4n) is 1.46. The Labute approximate surface area is 119 Å². The number of hydrogen-bond donors (Lipinski definition) is 1. The third-order valence-electron chi connectivity index (χ3n) is 2.76. The molecule has 0 fully saturated rings. The van der Waals surface area contributed by atoms with Gasteiger partial charge < -0.3 is 4.79 Å². The monoisotopic (exact) mass is 297 g/mol. The summed E-state index contributed by atoms with van der Waals surface area (Å²) in [6, 6.07) is 6.17. The summed E-state index contributed by atoms with van der Waals surface area (Å²) in [5.41, 5.74) is 0.884. The van der Waals surface area contributed by atoms with Crippen molar-refractivity contribution in [3.05, 3.63) is 29.8 Å². The van der Waals surface area contributed by atoms with Crippen LogP contribution >= 0.6 is 0 Å². The van der Waals surface area contributed by atoms with Gasteiger partial charge in [0.05, 0.1) is 4.90 Å². The van der Waals surface area contributed by atoms with Crippen molar-refractivity contribution in [2.75, 3.05) is 0 Å². The zero-order valence-corrected chi connectivity index (χ0v) is 12.7. The van der Waals surface area contributed by atoms with Gasteiger partial charge in [0.2, 0.25) is 5.91 Å². The first-order valence-corrected chi connectivity index (χ1v) is 7.85. The number of sulfonamides is 1. The third kappa shape index (κ3) is 4.77. The smallest absolute Gasteiger partial charge is 0.264 e. The van der Waals surface area contributed by atoms with Crippen molar-refractivity contribution >= 4 is 21.7 Å². The van der Waals surface area contributed by atoms with Crippen LogP contribution in [0.5, 0.6) is 0 Å². The second-order valence-electron chi connectivity index (χ2n) is 4.97. The van der Waals surface area contributed by atoms with Crippen LogP contribution in [0.2, 0.25) is 0 Å². The van der Waals surface area contributed by atoms with E-state index < -0.39 is 21.8 Å². The third-order valence-corrected chi connectivity index (χ3v) is 4.12. The van der Waals surface area contributed by atoms with Crippen molar-refractivity contribution < 1.29 is 18.0 Å². The van der Waals surface area contributed by atoms with Gasteiger partial charge in [0, 0.05) is 12.3 Å². The predicted octanol–water partition coefficient (Wildman–Crippen LogP) is 1.67. The van der Waals surface area contributed by atoms with Crippen LogP contribution in [0.25, 0.3) is 0 Å². The fraction of sp³-hybridized carbons (Fsp3) is 0.429. The number of benzene rings is 1. The number of nitrogens with one attached hydrogen (secondary N) is 1. The highest BCUT2D eigenvalue weighted by molar-refractivity contribution is 7.90. The van der Waals surface area contributed by atoms with Crippen LogP contribution in [0.1, 0.15) is 32.8 Å². The Hall–Kier alpha value is -1.69. The van der Waals surface area contributed by atoms with Crippen LogP contribution in [0.15, 0.2) is 29.2 Å². The van der Waals surface area contributed by atoms with E-state index in [2.05, 4.69) is 0 Å². The first-order chi connectivity index (χ1) is 9.22. The second-order valence-corrected chi connectivity index (χ2v) is 6.65. The Morgan fingerprint density at radius 3 is 2.15 bits per heavy atom. The molecule has 6 heteroatoms. The highest BCUT2D eigenvalue weighted by atomic mass is 32.2. The molecule has 0 spiro atoms. The minimum atomic E-state index is -3.82. The Morgan fingerprint density at radius 2 is 1.70 bits per heavy atom. The molecule has 0 heterocycles. The van der Waals surface area contributed by atoms with Crippen molar-refractivity contribution in [2.45, 2.75) is 38.5 Å². The summed E-state index contributed by atoms with van der Waals surface area (Å²) in [6.45, 7) is 4.76. The van der Waals surface area contributed by atoms with Gasteiger partial charge in [-0.1, -0.05) is 26.0 Å². The predicted molar refractivity (Wildman–Crippen MR) is 75.6 cm³/mol. The summed E-state index contributed by atoms with van der Waals surface area (Å²) in [7, 11) is -3.82. The van der Waals surface area contributed by atoms with E-state index in [1.165, 1.54) is 19.1 Å². The number of amides is 1. The van der Waals surface area contributed by atoms with Gasteiger partial charge in [-0.25, -0.2) is 13.1 Å². The van der Waals surface area contributed by atoms with Crippen molar-refractivity contribution in [3.8, 4) is 0 Å². The summed E-state index contributed by atoms with van der Waals surface area (Å²) in [4.78, 5) is 22.4. The molecular weight excluding hydrogens is 278 g/mol. The molecule has 0 unspecified atom stereocenters. The van der Waals surface area contributed by atoms with E-state index in [1.54, 1.807) is 26.0 Å². The number of aryl methyl sites for hydroxylation is 1. The molecule has 1 rings (SSSR count). The Morgan fingerprint density at radius 1 is 1.15 bits per heavy atom. The first kappa shape index (κ1) is 16.4. The molecule has 1 aromatic rings. The molecular formula is C14H19NO4S. The molecule has 1 amide bonds. The molecule has 0 saturated carbocycles. The van der Waals surface area contributed by atoms with Gasteiger partial charge >= 0.3 is 0 Å². The highest BCUT2D eigenvalue weighted by Gasteiger charge is 2.19. The van der Waals surface area contributed by atoms with Gasteiger partial charge in [0.1, 0.15) is 5.78 Å². The van der Waals surface area contributed by atoms with Crippen LogP contribution in [-0.4, -0.2) is 20.1 Å².